The molecule has 4 nitrogen and oxygen atoms in total. The number of ether oxygens (including phenoxy) is 2. The SMILES string of the molecule is CCOCCOC(=O)CC[C]=O. The highest BCUT2D eigenvalue weighted by Crippen LogP contribution is 1.89. The van der Waals surface area contributed by atoms with Gasteiger partial charge in [0.2, 0.25) is 0 Å². The van der Waals surface area contributed by atoms with Gasteiger partial charge < -0.3 is 9.47 Å². The minimum Gasteiger partial charge on any atom is -0.463 e. The molecule has 1 radical (unpaired) electrons. The first-order valence-corrected chi connectivity index (χ1v) is 3.89. The fourth-order valence-corrected chi connectivity index (χ4v) is 0.584. The third-order valence-corrected chi connectivity index (χ3v) is 1.13. The van der Waals surface area contributed by atoms with Gasteiger partial charge in [0.25, 0.3) is 0 Å². The van der Waals surface area contributed by atoms with Crippen LogP contribution < -0.4 is 0 Å². The molecule has 0 saturated carbocycles. The van der Waals surface area contributed by atoms with E-state index in [1.165, 1.54) is 0 Å². The van der Waals surface area contributed by atoms with Gasteiger partial charge in [-0.25, -0.2) is 0 Å². The number of carbonyl (C=O) groups is 1. The normalized spacial score (nSPS) is 9.42. The average Bonchev–Trinajstić information content (AvgIpc) is 2.09. The Balaban J connectivity index is 3.13. The molecule has 0 atom stereocenters. The van der Waals surface area contributed by atoms with Crippen molar-refractivity contribution in [2.45, 2.75) is 19.8 Å². The van der Waals surface area contributed by atoms with Crippen LogP contribution in [-0.2, 0) is 19.1 Å². The third-order valence-electron chi connectivity index (χ3n) is 1.13. The van der Waals surface area contributed by atoms with Crippen molar-refractivity contribution in [2.24, 2.45) is 0 Å². The highest BCUT2D eigenvalue weighted by atomic mass is 16.6. The molecule has 0 saturated heterocycles. The largest absolute Gasteiger partial charge is 0.463 e. The molecule has 0 aliphatic rings. The van der Waals surface area contributed by atoms with Gasteiger partial charge >= 0.3 is 5.97 Å². The number of carbonyl (C=O) groups excluding carboxylic acids is 2. The Kier molecular flexibility index (Phi) is 7.58. The van der Waals surface area contributed by atoms with E-state index in [1.54, 1.807) is 6.29 Å². The van der Waals surface area contributed by atoms with Crippen LogP contribution in [0.25, 0.3) is 0 Å². The lowest BCUT2D eigenvalue weighted by Crippen LogP contribution is -2.10. The highest BCUT2D eigenvalue weighted by molar-refractivity contribution is 5.72. The summed E-state index contributed by atoms with van der Waals surface area (Å²) in [6.07, 6.45) is 1.83. The molecular weight excluding hydrogens is 160 g/mol. The van der Waals surface area contributed by atoms with Crippen molar-refractivity contribution in [2.75, 3.05) is 19.8 Å². The van der Waals surface area contributed by atoms with Crippen LogP contribution >= 0.6 is 0 Å². The molecule has 0 aromatic heterocycles. The molecule has 0 heterocycles. The maximum Gasteiger partial charge on any atom is 0.306 e. The van der Waals surface area contributed by atoms with Gasteiger partial charge in [0, 0.05) is 13.0 Å². The Morgan fingerprint density at radius 3 is 2.75 bits per heavy atom. The summed E-state index contributed by atoms with van der Waals surface area (Å²) in [6, 6.07) is 0. The molecule has 0 aromatic rings. The van der Waals surface area contributed by atoms with Gasteiger partial charge in [-0.3, -0.25) is 9.59 Å². The van der Waals surface area contributed by atoms with Crippen LogP contribution in [0, 0.1) is 0 Å². The molecule has 0 rings (SSSR count). The van der Waals surface area contributed by atoms with Crippen LogP contribution in [0.15, 0.2) is 0 Å². The quantitative estimate of drug-likeness (QED) is 0.414. The molecule has 0 unspecified atom stereocenters. The Morgan fingerprint density at radius 2 is 2.17 bits per heavy atom. The Labute approximate surface area is 71.8 Å². The maximum atomic E-state index is 10.7. The van der Waals surface area contributed by atoms with Crippen LogP contribution in [0.5, 0.6) is 0 Å². The van der Waals surface area contributed by atoms with Gasteiger partial charge in [-0.15, -0.1) is 0 Å². The fraction of sp³-hybridized carbons (Fsp3) is 0.750. The second kappa shape index (κ2) is 8.20. The first kappa shape index (κ1) is 11.1. The lowest BCUT2D eigenvalue weighted by atomic mass is 10.3. The van der Waals surface area contributed by atoms with E-state index in [-0.39, 0.29) is 25.4 Å². The summed E-state index contributed by atoms with van der Waals surface area (Å²) in [5.41, 5.74) is 0. The van der Waals surface area contributed by atoms with E-state index in [4.69, 9.17) is 9.47 Å². The summed E-state index contributed by atoms with van der Waals surface area (Å²) in [4.78, 5) is 20.4. The fourth-order valence-electron chi connectivity index (χ4n) is 0.584. The van der Waals surface area contributed by atoms with Crippen LogP contribution in [0.2, 0.25) is 0 Å². The van der Waals surface area contributed by atoms with Crippen molar-refractivity contribution in [3.05, 3.63) is 0 Å². The molecule has 0 aliphatic heterocycles. The van der Waals surface area contributed by atoms with Gasteiger partial charge in [-0.1, -0.05) is 0 Å². The lowest BCUT2D eigenvalue weighted by Gasteiger charge is -2.02. The van der Waals surface area contributed by atoms with Crippen molar-refractivity contribution in [1.29, 1.82) is 0 Å². The molecular formula is C8H13O4. The van der Waals surface area contributed by atoms with Crippen LogP contribution in [0.3, 0.4) is 0 Å². The summed E-state index contributed by atoms with van der Waals surface area (Å²) in [5, 5.41) is 0. The van der Waals surface area contributed by atoms with Crippen molar-refractivity contribution in [3.8, 4) is 0 Å². The molecule has 0 amide bonds. The van der Waals surface area contributed by atoms with E-state index in [0.717, 1.165) is 0 Å². The van der Waals surface area contributed by atoms with Gasteiger partial charge in [0.05, 0.1) is 13.0 Å². The van der Waals surface area contributed by atoms with Crippen molar-refractivity contribution >= 4 is 12.3 Å². The maximum absolute atomic E-state index is 10.7. The Morgan fingerprint density at radius 1 is 1.42 bits per heavy atom. The van der Waals surface area contributed by atoms with Gasteiger partial charge in [-0.2, -0.15) is 0 Å². The summed E-state index contributed by atoms with van der Waals surface area (Å²) in [7, 11) is 0. The molecule has 0 fully saturated rings. The molecule has 0 bridgehead atoms. The van der Waals surface area contributed by atoms with Gasteiger partial charge in [-0.05, 0) is 6.92 Å². The van der Waals surface area contributed by atoms with Crippen molar-refractivity contribution < 1.29 is 19.1 Å². The van der Waals surface area contributed by atoms with E-state index in [9.17, 15) is 9.59 Å². The molecule has 4 heteroatoms. The molecule has 0 aromatic carbocycles. The smallest absolute Gasteiger partial charge is 0.306 e. The summed E-state index contributed by atoms with van der Waals surface area (Å²) >= 11 is 0. The third kappa shape index (κ3) is 7.21. The van der Waals surface area contributed by atoms with E-state index < -0.39 is 0 Å². The summed E-state index contributed by atoms with van der Waals surface area (Å²) in [6.45, 7) is 3.14. The standard InChI is InChI=1S/C8H13O4/c1-2-11-6-7-12-8(10)4-3-5-9/h2-4,6-7H2,1H3. The Hall–Kier alpha value is -0.900. The zero-order valence-electron chi connectivity index (χ0n) is 7.17. The van der Waals surface area contributed by atoms with E-state index >= 15 is 0 Å². The van der Waals surface area contributed by atoms with E-state index in [0.29, 0.717) is 13.2 Å². The number of hydrogen-bond acceptors (Lipinski definition) is 4. The van der Waals surface area contributed by atoms with E-state index in [1.807, 2.05) is 6.92 Å². The number of rotatable bonds is 7. The van der Waals surface area contributed by atoms with Crippen LogP contribution in [0.4, 0.5) is 0 Å². The zero-order chi connectivity index (χ0) is 9.23. The zero-order valence-corrected chi connectivity index (χ0v) is 7.17. The summed E-state index contributed by atoms with van der Waals surface area (Å²) < 4.78 is 9.64. The Bertz CT molecular complexity index is 133. The van der Waals surface area contributed by atoms with Crippen LogP contribution in [-0.4, -0.2) is 32.1 Å². The monoisotopic (exact) mass is 173 g/mol. The second-order valence-electron chi connectivity index (χ2n) is 2.06. The number of hydrogen-bond donors (Lipinski definition) is 0. The molecule has 12 heavy (non-hydrogen) atoms. The first-order valence-electron chi connectivity index (χ1n) is 3.89. The molecule has 0 spiro atoms. The van der Waals surface area contributed by atoms with E-state index in [2.05, 4.69) is 0 Å². The first-order chi connectivity index (χ1) is 5.81. The number of esters is 1. The minimum atomic E-state index is -0.377. The topological polar surface area (TPSA) is 52.6 Å². The molecule has 69 valence electrons. The lowest BCUT2D eigenvalue weighted by molar-refractivity contribution is -0.144. The predicted molar refractivity (Wildman–Crippen MR) is 42.4 cm³/mol. The molecule has 0 N–H and O–H groups in total. The predicted octanol–water partition coefficient (Wildman–Crippen LogP) is 0.456. The average molecular weight is 173 g/mol. The molecule has 0 aliphatic carbocycles. The van der Waals surface area contributed by atoms with Gasteiger partial charge in [0.15, 0.2) is 6.29 Å². The van der Waals surface area contributed by atoms with Crippen LogP contribution in [0.1, 0.15) is 19.8 Å². The minimum absolute atomic E-state index is 0.105. The summed E-state index contributed by atoms with van der Waals surface area (Å²) in [5.74, 6) is -0.377. The second-order valence-corrected chi connectivity index (χ2v) is 2.06. The van der Waals surface area contributed by atoms with Crippen molar-refractivity contribution in [3.63, 3.8) is 0 Å². The van der Waals surface area contributed by atoms with Crippen molar-refractivity contribution in [1.82, 2.24) is 0 Å². The van der Waals surface area contributed by atoms with Gasteiger partial charge in [0.1, 0.15) is 6.61 Å². The highest BCUT2D eigenvalue weighted by Gasteiger charge is 2.00.